The normalized spacial score (nSPS) is 17.9. The van der Waals surface area contributed by atoms with Gasteiger partial charge in [-0.05, 0) is 42.0 Å². The second-order valence-corrected chi connectivity index (χ2v) is 7.86. The summed E-state index contributed by atoms with van der Waals surface area (Å²) in [6.45, 7) is -1.08. The van der Waals surface area contributed by atoms with Gasteiger partial charge in [-0.15, -0.1) is 12.4 Å². The van der Waals surface area contributed by atoms with Crippen molar-refractivity contribution < 1.29 is 45.0 Å². The minimum atomic E-state index is -4.94. The molecule has 14 heteroatoms. The molecule has 2 aromatic carbocycles. The predicted octanol–water partition coefficient (Wildman–Crippen LogP) is 6.47. The summed E-state index contributed by atoms with van der Waals surface area (Å²) in [7, 11) is 0. The Balaban J connectivity index is 0.00000432. The van der Waals surface area contributed by atoms with Gasteiger partial charge in [-0.1, -0.05) is 17.7 Å². The van der Waals surface area contributed by atoms with Crippen LogP contribution in [-0.4, -0.2) is 49.5 Å². The SMILES string of the molecule is Cl.O=C(Nc1ccc(Cl)cc1)O[C@@H](CN1CCOC(c2ccc(F)c(C(F)(F)F)c2)C1)C(F)(F)F. The number of rotatable bonds is 5. The Morgan fingerprint density at radius 2 is 1.80 bits per heavy atom. The van der Waals surface area contributed by atoms with Gasteiger partial charge >= 0.3 is 18.4 Å². The molecule has 1 fully saturated rings. The third-order valence-electron chi connectivity index (χ3n) is 4.95. The number of hydrogen-bond donors (Lipinski definition) is 1. The number of alkyl halides is 6. The van der Waals surface area contributed by atoms with Gasteiger partial charge in [0.2, 0.25) is 6.10 Å². The second-order valence-electron chi connectivity index (χ2n) is 7.42. The molecular weight excluding hydrogens is 532 g/mol. The zero-order chi connectivity index (χ0) is 25.1. The van der Waals surface area contributed by atoms with Gasteiger partial charge in [0.1, 0.15) is 5.82 Å². The van der Waals surface area contributed by atoms with Crippen LogP contribution in [0.1, 0.15) is 17.2 Å². The highest BCUT2D eigenvalue weighted by atomic mass is 35.5. The Labute approximate surface area is 206 Å². The van der Waals surface area contributed by atoms with E-state index in [4.69, 9.17) is 16.3 Å². The average molecular weight is 551 g/mol. The van der Waals surface area contributed by atoms with Crippen molar-refractivity contribution in [3.8, 4) is 0 Å². The quantitative estimate of drug-likeness (QED) is 0.433. The summed E-state index contributed by atoms with van der Waals surface area (Å²) in [6.07, 6.45) is -14.8. The first-order chi connectivity index (χ1) is 15.8. The lowest BCUT2D eigenvalue weighted by molar-refractivity contribution is -0.209. The molecule has 5 nitrogen and oxygen atoms in total. The van der Waals surface area contributed by atoms with Gasteiger partial charge in [0.15, 0.2) is 0 Å². The van der Waals surface area contributed by atoms with Crippen LogP contribution in [0.2, 0.25) is 5.02 Å². The van der Waals surface area contributed by atoms with Crippen molar-refractivity contribution in [2.45, 2.75) is 24.6 Å². The predicted molar refractivity (Wildman–Crippen MR) is 115 cm³/mol. The fourth-order valence-electron chi connectivity index (χ4n) is 3.28. The van der Waals surface area contributed by atoms with Gasteiger partial charge in [-0.25, -0.2) is 9.18 Å². The van der Waals surface area contributed by atoms with Crippen molar-refractivity contribution in [2.75, 3.05) is 31.6 Å². The molecule has 0 aromatic heterocycles. The zero-order valence-corrected chi connectivity index (χ0v) is 19.2. The standard InChI is InChI=1S/C21H18ClF7N2O3.ClH/c22-13-2-4-14(5-3-13)30-19(32)34-18(21(27,28)29)11-31-7-8-33-17(10-31)12-1-6-16(23)15(9-12)20(24,25)26;/h1-6,9,17-18H,7-8,10-11H2,(H,30,32);1H/t17?,18-;/m0./s1. The van der Waals surface area contributed by atoms with Crippen LogP contribution in [0.25, 0.3) is 0 Å². The van der Waals surface area contributed by atoms with Crippen molar-refractivity contribution in [1.29, 1.82) is 0 Å². The molecule has 0 bridgehead atoms. The van der Waals surface area contributed by atoms with Crippen LogP contribution in [-0.2, 0) is 15.7 Å². The number of carbonyl (C=O) groups excluding carboxylic acids is 1. The molecule has 0 spiro atoms. The maximum atomic E-state index is 13.6. The second kappa shape index (κ2) is 11.6. The fourth-order valence-corrected chi connectivity index (χ4v) is 3.41. The number of nitrogens with one attached hydrogen (secondary N) is 1. The zero-order valence-electron chi connectivity index (χ0n) is 17.6. The molecule has 3 rings (SSSR count). The van der Waals surface area contributed by atoms with Gasteiger partial charge < -0.3 is 9.47 Å². The molecule has 0 aliphatic carbocycles. The Hall–Kier alpha value is -2.28. The van der Waals surface area contributed by atoms with E-state index in [9.17, 15) is 35.5 Å². The summed E-state index contributed by atoms with van der Waals surface area (Å²) in [6, 6.07) is 7.87. The van der Waals surface area contributed by atoms with Crippen LogP contribution in [0, 0.1) is 5.82 Å². The molecule has 1 aliphatic rings. The van der Waals surface area contributed by atoms with E-state index in [2.05, 4.69) is 10.1 Å². The van der Waals surface area contributed by atoms with E-state index in [0.29, 0.717) is 17.2 Å². The van der Waals surface area contributed by atoms with Crippen molar-refractivity contribution >= 4 is 35.8 Å². The first kappa shape index (κ1) is 29.0. The van der Waals surface area contributed by atoms with E-state index in [1.165, 1.54) is 29.2 Å². The van der Waals surface area contributed by atoms with Gasteiger partial charge in [0, 0.05) is 30.3 Å². The highest BCUT2D eigenvalue weighted by Gasteiger charge is 2.44. The first-order valence-electron chi connectivity index (χ1n) is 9.83. The number of anilines is 1. The molecule has 1 aliphatic heterocycles. The minimum Gasteiger partial charge on any atom is -0.435 e. The van der Waals surface area contributed by atoms with E-state index >= 15 is 0 Å². The molecule has 2 atom stereocenters. The molecule has 0 saturated carbocycles. The maximum absolute atomic E-state index is 13.6. The molecule has 194 valence electrons. The highest BCUT2D eigenvalue weighted by Crippen LogP contribution is 2.34. The minimum absolute atomic E-state index is 0. The number of halogens is 9. The summed E-state index contributed by atoms with van der Waals surface area (Å²) in [5.74, 6) is -1.47. The Morgan fingerprint density at radius 1 is 1.14 bits per heavy atom. The van der Waals surface area contributed by atoms with E-state index in [0.717, 1.165) is 6.07 Å². The first-order valence-corrected chi connectivity index (χ1v) is 10.2. The smallest absolute Gasteiger partial charge is 0.426 e. The molecule has 0 radical (unpaired) electrons. The highest BCUT2D eigenvalue weighted by molar-refractivity contribution is 6.30. The molecule has 2 aromatic rings. The lowest BCUT2D eigenvalue weighted by Gasteiger charge is -2.35. The van der Waals surface area contributed by atoms with E-state index < -0.39 is 48.6 Å². The molecule has 1 heterocycles. The number of benzene rings is 2. The Morgan fingerprint density at radius 3 is 2.40 bits per heavy atom. The number of hydrogen-bond acceptors (Lipinski definition) is 4. The monoisotopic (exact) mass is 550 g/mol. The topological polar surface area (TPSA) is 50.8 Å². The fraction of sp³-hybridized carbons (Fsp3) is 0.381. The van der Waals surface area contributed by atoms with Crippen molar-refractivity contribution in [1.82, 2.24) is 4.90 Å². The molecule has 35 heavy (non-hydrogen) atoms. The maximum Gasteiger partial charge on any atom is 0.426 e. The van der Waals surface area contributed by atoms with Crippen LogP contribution in [0.5, 0.6) is 0 Å². The Kier molecular flexibility index (Phi) is 9.63. The van der Waals surface area contributed by atoms with Crippen LogP contribution >= 0.6 is 24.0 Å². The van der Waals surface area contributed by atoms with Gasteiger partial charge in [-0.3, -0.25) is 10.2 Å². The van der Waals surface area contributed by atoms with Crippen molar-refractivity contribution in [2.24, 2.45) is 0 Å². The van der Waals surface area contributed by atoms with Gasteiger partial charge in [-0.2, -0.15) is 26.3 Å². The van der Waals surface area contributed by atoms with Crippen LogP contribution in [0.4, 0.5) is 41.2 Å². The largest absolute Gasteiger partial charge is 0.435 e. The van der Waals surface area contributed by atoms with Gasteiger partial charge in [0.25, 0.3) is 0 Å². The molecule has 1 saturated heterocycles. The third-order valence-corrected chi connectivity index (χ3v) is 5.20. The number of morpholine rings is 1. The van der Waals surface area contributed by atoms with Gasteiger partial charge in [0.05, 0.1) is 18.3 Å². The Bertz CT molecular complexity index is 1000. The van der Waals surface area contributed by atoms with Crippen molar-refractivity contribution in [3.05, 3.63) is 64.4 Å². The van der Waals surface area contributed by atoms with Crippen LogP contribution < -0.4 is 5.32 Å². The van der Waals surface area contributed by atoms with E-state index in [1.807, 2.05) is 0 Å². The summed E-state index contributed by atoms with van der Waals surface area (Å²) in [5.41, 5.74) is -1.37. The number of amides is 1. The molecule has 1 N–H and O–H groups in total. The van der Waals surface area contributed by atoms with Crippen LogP contribution in [0.15, 0.2) is 42.5 Å². The third kappa shape index (κ3) is 8.13. The summed E-state index contributed by atoms with van der Waals surface area (Å²) < 4.78 is 103. The summed E-state index contributed by atoms with van der Waals surface area (Å²) in [5, 5.41) is 2.52. The lowest BCUT2D eigenvalue weighted by Crippen LogP contribution is -2.48. The van der Waals surface area contributed by atoms with Crippen molar-refractivity contribution in [3.63, 3.8) is 0 Å². The van der Waals surface area contributed by atoms with Crippen LogP contribution in [0.3, 0.4) is 0 Å². The molecular formula is C21H19Cl2F7N2O3. The average Bonchev–Trinajstić information content (AvgIpc) is 2.74. The number of carbonyl (C=O) groups is 1. The van der Waals surface area contributed by atoms with E-state index in [1.54, 1.807) is 0 Å². The summed E-state index contributed by atoms with van der Waals surface area (Å²) >= 11 is 5.71. The molecule has 1 unspecified atom stereocenters. The summed E-state index contributed by atoms with van der Waals surface area (Å²) in [4.78, 5) is 13.2. The number of ether oxygens (including phenoxy) is 2. The van der Waals surface area contributed by atoms with E-state index in [-0.39, 0.29) is 43.4 Å². The molecule has 1 amide bonds. The lowest BCUT2D eigenvalue weighted by atomic mass is 10.0. The number of nitrogens with zero attached hydrogens (tertiary/aromatic N) is 1.